The topological polar surface area (TPSA) is 102 Å². The van der Waals surface area contributed by atoms with E-state index in [0.29, 0.717) is 17.7 Å². The highest BCUT2D eigenvalue weighted by molar-refractivity contribution is 5.57. The number of nitro groups is 1. The van der Waals surface area contributed by atoms with Gasteiger partial charge in [0.2, 0.25) is 12.2 Å². The Morgan fingerprint density at radius 2 is 1.55 bits per heavy atom. The number of hydrogen-bond acceptors (Lipinski definition) is 6. The van der Waals surface area contributed by atoms with Gasteiger partial charge in [-0.3, -0.25) is 10.1 Å². The Hall–Kier alpha value is -3.40. The summed E-state index contributed by atoms with van der Waals surface area (Å²) in [5, 5.41) is 11.1. The molecule has 0 amide bonds. The number of nitrogens with zero attached hydrogens (tertiary/aromatic N) is 3. The lowest BCUT2D eigenvalue weighted by Gasteiger charge is -2.04. The van der Waals surface area contributed by atoms with E-state index in [1.54, 1.807) is 30.3 Å². The molecule has 0 fully saturated rings. The third-order valence-corrected chi connectivity index (χ3v) is 2.95. The second-order valence-electron chi connectivity index (χ2n) is 4.32. The van der Waals surface area contributed by atoms with Gasteiger partial charge in [0, 0.05) is 18.1 Å². The van der Waals surface area contributed by atoms with Crippen molar-refractivity contribution >= 4 is 29.2 Å². The summed E-state index contributed by atoms with van der Waals surface area (Å²) < 4.78 is 0. The highest BCUT2D eigenvalue weighted by Crippen LogP contribution is 2.27. The smallest absolute Gasteiger partial charge is 0.258 e. The van der Waals surface area contributed by atoms with Gasteiger partial charge in [0.15, 0.2) is 0 Å². The number of aliphatic imine (C=N–C) groups is 2. The van der Waals surface area contributed by atoms with Crippen LogP contribution in [0.4, 0.5) is 17.1 Å². The van der Waals surface area contributed by atoms with Crippen molar-refractivity contribution in [3.8, 4) is 0 Å². The number of carbonyl (C=O) groups excluding carboxylic acids is 2. The molecule has 0 spiro atoms. The van der Waals surface area contributed by atoms with Crippen LogP contribution in [0.25, 0.3) is 0 Å². The Morgan fingerprint density at radius 1 is 0.955 bits per heavy atom. The van der Waals surface area contributed by atoms with Gasteiger partial charge in [0.05, 0.1) is 16.3 Å². The van der Waals surface area contributed by atoms with E-state index in [2.05, 4.69) is 9.98 Å². The maximum Gasteiger partial charge on any atom is 0.275 e. The summed E-state index contributed by atoms with van der Waals surface area (Å²) in [5.41, 5.74) is 1.83. The monoisotopic (exact) mass is 295 g/mol. The molecule has 0 aliphatic carbocycles. The van der Waals surface area contributed by atoms with Crippen LogP contribution in [0.15, 0.2) is 52.4 Å². The van der Waals surface area contributed by atoms with Gasteiger partial charge in [0.1, 0.15) is 0 Å². The maximum absolute atomic E-state index is 11.1. The molecule has 7 heteroatoms. The fourth-order valence-electron chi connectivity index (χ4n) is 1.95. The normalized spacial score (nSPS) is 9.45. The molecule has 0 N–H and O–H groups in total. The van der Waals surface area contributed by atoms with Gasteiger partial charge in [0.25, 0.3) is 5.69 Å². The average Bonchev–Trinajstić information content (AvgIpc) is 2.51. The molecular weight excluding hydrogens is 286 g/mol. The molecule has 2 aromatic carbocycles. The summed E-state index contributed by atoms with van der Waals surface area (Å²) in [6.45, 7) is 0. The van der Waals surface area contributed by atoms with Gasteiger partial charge in [-0.25, -0.2) is 9.59 Å². The lowest BCUT2D eigenvalue weighted by Crippen LogP contribution is -1.96. The van der Waals surface area contributed by atoms with Crippen molar-refractivity contribution in [2.75, 3.05) is 0 Å². The van der Waals surface area contributed by atoms with Gasteiger partial charge in [-0.2, -0.15) is 9.98 Å². The first-order valence-corrected chi connectivity index (χ1v) is 6.16. The fraction of sp³-hybridized carbons (Fsp3) is 0.0667. The molecule has 108 valence electrons. The van der Waals surface area contributed by atoms with Gasteiger partial charge in [-0.15, -0.1) is 0 Å². The van der Waals surface area contributed by atoms with E-state index < -0.39 is 4.92 Å². The summed E-state index contributed by atoms with van der Waals surface area (Å²) in [5.74, 6) is 0. The molecule has 0 saturated carbocycles. The zero-order valence-corrected chi connectivity index (χ0v) is 11.2. The van der Waals surface area contributed by atoms with E-state index in [9.17, 15) is 19.7 Å². The molecule has 2 rings (SSSR count). The molecule has 2 aromatic rings. The van der Waals surface area contributed by atoms with Crippen LogP contribution < -0.4 is 0 Å². The van der Waals surface area contributed by atoms with Crippen LogP contribution >= 0.6 is 0 Å². The molecule has 0 aliphatic rings. The summed E-state index contributed by atoms with van der Waals surface area (Å²) in [6, 6.07) is 11.0. The van der Waals surface area contributed by atoms with Crippen molar-refractivity contribution in [2.45, 2.75) is 6.42 Å². The van der Waals surface area contributed by atoms with E-state index >= 15 is 0 Å². The van der Waals surface area contributed by atoms with Crippen molar-refractivity contribution in [2.24, 2.45) is 9.98 Å². The molecule has 0 aromatic heterocycles. The van der Waals surface area contributed by atoms with Crippen molar-refractivity contribution in [3.63, 3.8) is 0 Å². The SMILES string of the molecule is O=C=Nc1ccc(Cc2ccc(N=C=O)cc2[N+](=O)[O-])cc1. The van der Waals surface area contributed by atoms with Crippen LogP contribution in [-0.2, 0) is 16.0 Å². The predicted octanol–water partition coefficient (Wildman–Crippen LogP) is 3.12. The lowest BCUT2D eigenvalue weighted by molar-refractivity contribution is -0.385. The Balaban J connectivity index is 2.33. The average molecular weight is 295 g/mol. The summed E-state index contributed by atoms with van der Waals surface area (Å²) in [6.07, 6.45) is 3.11. The van der Waals surface area contributed by atoms with E-state index in [-0.39, 0.29) is 11.4 Å². The predicted molar refractivity (Wildman–Crippen MR) is 77.9 cm³/mol. The number of nitro benzene ring substituents is 1. The van der Waals surface area contributed by atoms with Gasteiger partial charge in [-0.1, -0.05) is 12.1 Å². The maximum atomic E-state index is 11.1. The number of benzene rings is 2. The molecule has 0 heterocycles. The number of hydrogen-bond donors (Lipinski definition) is 0. The molecule has 0 atom stereocenters. The molecule has 0 bridgehead atoms. The van der Waals surface area contributed by atoms with E-state index in [0.717, 1.165) is 5.56 Å². The van der Waals surface area contributed by atoms with Gasteiger partial charge >= 0.3 is 0 Å². The summed E-state index contributed by atoms with van der Waals surface area (Å²) in [7, 11) is 0. The molecule has 0 saturated heterocycles. The van der Waals surface area contributed by atoms with Gasteiger partial charge in [-0.05, 0) is 29.8 Å². The Bertz CT molecular complexity index is 802. The van der Waals surface area contributed by atoms with Crippen molar-refractivity contribution in [1.82, 2.24) is 0 Å². The molecule has 0 radical (unpaired) electrons. The van der Waals surface area contributed by atoms with E-state index in [4.69, 9.17) is 0 Å². The Morgan fingerprint density at radius 3 is 2.14 bits per heavy atom. The largest absolute Gasteiger partial charge is 0.275 e. The van der Waals surface area contributed by atoms with Gasteiger partial charge < -0.3 is 0 Å². The first-order chi connectivity index (χ1) is 10.6. The standard InChI is InChI=1S/C15H9N3O4/c19-9-16-13-4-1-11(2-5-13)7-12-3-6-14(17-10-20)8-15(12)18(21)22/h1-6,8H,7H2. The highest BCUT2D eigenvalue weighted by Gasteiger charge is 2.15. The summed E-state index contributed by atoms with van der Waals surface area (Å²) >= 11 is 0. The van der Waals surface area contributed by atoms with Crippen LogP contribution in [0.2, 0.25) is 0 Å². The molecule has 22 heavy (non-hydrogen) atoms. The minimum Gasteiger partial charge on any atom is -0.258 e. The zero-order chi connectivity index (χ0) is 15.9. The minimum atomic E-state index is -0.524. The minimum absolute atomic E-state index is 0.119. The third-order valence-electron chi connectivity index (χ3n) is 2.95. The Labute approximate surface area is 124 Å². The molecule has 0 aliphatic heterocycles. The summed E-state index contributed by atoms with van der Waals surface area (Å²) in [4.78, 5) is 37.8. The van der Waals surface area contributed by atoms with Crippen LogP contribution in [-0.4, -0.2) is 17.1 Å². The first kappa shape index (κ1) is 15.0. The van der Waals surface area contributed by atoms with Crippen molar-refractivity contribution in [3.05, 3.63) is 63.7 Å². The quantitative estimate of drug-likeness (QED) is 0.366. The van der Waals surface area contributed by atoms with E-state index in [1.807, 2.05) is 0 Å². The zero-order valence-electron chi connectivity index (χ0n) is 11.2. The Kier molecular flexibility index (Phi) is 4.67. The van der Waals surface area contributed by atoms with Crippen LogP contribution in [0.3, 0.4) is 0 Å². The van der Waals surface area contributed by atoms with Crippen molar-refractivity contribution in [1.29, 1.82) is 0 Å². The van der Waals surface area contributed by atoms with Crippen LogP contribution in [0, 0.1) is 10.1 Å². The second kappa shape index (κ2) is 6.85. The first-order valence-electron chi connectivity index (χ1n) is 6.16. The fourth-order valence-corrected chi connectivity index (χ4v) is 1.95. The molecule has 0 unspecified atom stereocenters. The lowest BCUT2D eigenvalue weighted by atomic mass is 10.0. The van der Waals surface area contributed by atoms with Crippen LogP contribution in [0.5, 0.6) is 0 Å². The van der Waals surface area contributed by atoms with Crippen LogP contribution in [0.1, 0.15) is 11.1 Å². The number of isocyanates is 2. The third kappa shape index (κ3) is 3.58. The van der Waals surface area contributed by atoms with Crippen molar-refractivity contribution < 1.29 is 14.5 Å². The highest BCUT2D eigenvalue weighted by atomic mass is 16.6. The molecular formula is C15H9N3O4. The van der Waals surface area contributed by atoms with E-state index in [1.165, 1.54) is 24.3 Å². The number of rotatable bonds is 5. The second-order valence-corrected chi connectivity index (χ2v) is 4.32. The molecule has 7 nitrogen and oxygen atoms in total.